The van der Waals surface area contributed by atoms with Crippen LogP contribution in [0.2, 0.25) is 0 Å². The van der Waals surface area contributed by atoms with Crippen LogP contribution in [0.1, 0.15) is 19.8 Å². The van der Waals surface area contributed by atoms with Gasteiger partial charge in [0.25, 0.3) is 5.91 Å². The molecule has 3 rings (SSSR count). The number of carbonyl (C=O) groups is 1. The number of halogens is 1. The van der Waals surface area contributed by atoms with Gasteiger partial charge < -0.3 is 19.7 Å². The quantitative estimate of drug-likeness (QED) is 0.737. The van der Waals surface area contributed by atoms with Gasteiger partial charge in [-0.2, -0.15) is 0 Å². The lowest BCUT2D eigenvalue weighted by molar-refractivity contribution is -0.122. The first-order valence-electron chi connectivity index (χ1n) is 9.18. The number of ether oxygens (including phenoxy) is 2. The number of anilines is 1. The third kappa shape index (κ3) is 5.97. The maximum atomic E-state index is 12.3. The van der Waals surface area contributed by atoms with Crippen LogP contribution in [0.5, 0.6) is 11.5 Å². The van der Waals surface area contributed by atoms with E-state index in [1.165, 1.54) is 0 Å². The summed E-state index contributed by atoms with van der Waals surface area (Å²) in [5.41, 5.74) is 0.724. The fourth-order valence-electron chi connectivity index (χ4n) is 2.93. The minimum atomic E-state index is -0.596. The number of carbonyl (C=O) groups excluding carboxylic acids is 1. The van der Waals surface area contributed by atoms with Gasteiger partial charge in [0, 0.05) is 23.2 Å². The van der Waals surface area contributed by atoms with Gasteiger partial charge in [0.15, 0.2) is 6.10 Å². The molecule has 27 heavy (non-hydrogen) atoms. The van der Waals surface area contributed by atoms with Crippen molar-refractivity contribution in [2.45, 2.75) is 32.0 Å². The average molecular weight is 433 g/mol. The van der Waals surface area contributed by atoms with Gasteiger partial charge in [-0.25, -0.2) is 0 Å². The summed E-state index contributed by atoms with van der Waals surface area (Å²) in [6.45, 7) is 3.86. The number of benzene rings is 2. The Balaban J connectivity index is 1.49. The highest BCUT2D eigenvalue weighted by Gasteiger charge is 2.18. The summed E-state index contributed by atoms with van der Waals surface area (Å²) in [5, 5.41) is 2.87. The van der Waals surface area contributed by atoms with Gasteiger partial charge in [-0.05, 0) is 75.3 Å². The van der Waals surface area contributed by atoms with Crippen molar-refractivity contribution in [1.29, 1.82) is 0 Å². The lowest BCUT2D eigenvalue weighted by atomic mass is 10.1. The minimum absolute atomic E-state index is 0.193. The third-order valence-electron chi connectivity index (χ3n) is 4.59. The zero-order valence-electron chi connectivity index (χ0n) is 15.7. The van der Waals surface area contributed by atoms with Gasteiger partial charge in [-0.15, -0.1) is 0 Å². The molecule has 0 radical (unpaired) electrons. The van der Waals surface area contributed by atoms with Crippen molar-refractivity contribution in [1.82, 2.24) is 4.90 Å². The Kier molecular flexibility index (Phi) is 6.74. The van der Waals surface area contributed by atoms with Gasteiger partial charge in [-0.1, -0.05) is 15.9 Å². The van der Waals surface area contributed by atoms with E-state index < -0.39 is 6.10 Å². The molecule has 144 valence electrons. The molecule has 1 atom stereocenters. The van der Waals surface area contributed by atoms with E-state index in [9.17, 15) is 4.79 Å². The van der Waals surface area contributed by atoms with E-state index in [-0.39, 0.29) is 12.0 Å². The first-order valence-corrected chi connectivity index (χ1v) is 9.97. The molecule has 1 saturated heterocycles. The van der Waals surface area contributed by atoms with Gasteiger partial charge in [0.05, 0.1) is 0 Å². The molecule has 1 unspecified atom stereocenters. The molecule has 0 aromatic heterocycles. The smallest absolute Gasteiger partial charge is 0.265 e. The second-order valence-electron chi connectivity index (χ2n) is 6.85. The van der Waals surface area contributed by atoms with Gasteiger partial charge >= 0.3 is 0 Å². The molecule has 6 heteroatoms. The Hall–Kier alpha value is -2.05. The van der Waals surface area contributed by atoms with E-state index in [1.54, 1.807) is 6.92 Å². The van der Waals surface area contributed by atoms with E-state index in [2.05, 4.69) is 33.2 Å². The topological polar surface area (TPSA) is 50.8 Å². The molecule has 1 fully saturated rings. The highest BCUT2D eigenvalue weighted by atomic mass is 79.9. The zero-order chi connectivity index (χ0) is 19.2. The summed E-state index contributed by atoms with van der Waals surface area (Å²) in [6.07, 6.45) is 1.75. The molecule has 1 N–H and O–H groups in total. The summed E-state index contributed by atoms with van der Waals surface area (Å²) >= 11 is 3.38. The molecule has 0 bridgehead atoms. The fraction of sp³-hybridized carbons (Fsp3) is 0.381. The molecule has 2 aromatic carbocycles. The number of amides is 1. The van der Waals surface area contributed by atoms with Gasteiger partial charge in [-0.3, -0.25) is 4.79 Å². The first kappa shape index (κ1) is 19.7. The van der Waals surface area contributed by atoms with Crippen LogP contribution in [0.25, 0.3) is 0 Å². The van der Waals surface area contributed by atoms with E-state index >= 15 is 0 Å². The highest BCUT2D eigenvalue weighted by Crippen LogP contribution is 2.21. The predicted octanol–water partition coefficient (Wildman–Crippen LogP) is 4.33. The predicted molar refractivity (Wildman–Crippen MR) is 110 cm³/mol. The number of hydrogen-bond donors (Lipinski definition) is 1. The molecule has 0 aliphatic carbocycles. The van der Waals surface area contributed by atoms with E-state index in [1.807, 2.05) is 48.5 Å². The molecule has 0 spiro atoms. The van der Waals surface area contributed by atoms with E-state index in [0.29, 0.717) is 5.75 Å². The SMILES string of the molecule is CC(Oc1ccc(Br)cc1)C(=O)Nc1ccc(OC2CCN(C)CC2)cc1. The Morgan fingerprint density at radius 3 is 2.30 bits per heavy atom. The van der Waals surface area contributed by atoms with Crippen molar-refractivity contribution < 1.29 is 14.3 Å². The highest BCUT2D eigenvalue weighted by molar-refractivity contribution is 9.10. The Morgan fingerprint density at radius 1 is 1.07 bits per heavy atom. The summed E-state index contributed by atoms with van der Waals surface area (Å²) in [5.74, 6) is 1.30. The first-order chi connectivity index (χ1) is 13.0. The number of nitrogens with one attached hydrogen (secondary N) is 1. The van der Waals surface area contributed by atoms with E-state index in [4.69, 9.17) is 9.47 Å². The lowest BCUT2D eigenvalue weighted by Gasteiger charge is -2.29. The monoisotopic (exact) mass is 432 g/mol. The van der Waals surface area contributed by atoms with Crippen molar-refractivity contribution in [2.75, 3.05) is 25.5 Å². The lowest BCUT2D eigenvalue weighted by Crippen LogP contribution is -2.35. The fourth-order valence-corrected chi connectivity index (χ4v) is 3.19. The van der Waals surface area contributed by atoms with Gasteiger partial charge in [0.2, 0.25) is 0 Å². The molecule has 1 aliphatic heterocycles. The van der Waals surface area contributed by atoms with Crippen molar-refractivity contribution in [3.05, 3.63) is 53.0 Å². The van der Waals surface area contributed by atoms with E-state index in [0.717, 1.165) is 41.8 Å². The number of nitrogens with zero attached hydrogens (tertiary/aromatic N) is 1. The summed E-state index contributed by atoms with van der Waals surface area (Å²) < 4.78 is 12.7. The molecule has 0 saturated carbocycles. The number of likely N-dealkylation sites (tertiary alicyclic amines) is 1. The van der Waals surface area contributed by atoms with Crippen LogP contribution in [0, 0.1) is 0 Å². The minimum Gasteiger partial charge on any atom is -0.490 e. The van der Waals surface area contributed by atoms with Crippen molar-refractivity contribution >= 4 is 27.5 Å². The largest absolute Gasteiger partial charge is 0.490 e. The maximum absolute atomic E-state index is 12.3. The molecule has 1 amide bonds. The number of piperidine rings is 1. The van der Waals surface area contributed by atoms with Crippen molar-refractivity contribution in [3.8, 4) is 11.5 Å². The maximum Gasteiger partial charge on any atom is 0.265 e. The van der Waals surface area contributed by atoms with Gasteiger partial charge in [0.1, 0.15) is 17.6 Å². The van der Waals surface area contributed by atoms with Crippen molar-refractivity contribution in [3.63, 3.8) is 0 Å². The van der Waals surface area contributed by atoms with Crippen molar-refractivity contribution in [2.24, 2.45) is 0 Å². The van der Waals surface area contributed by atoms with Crippen LogP contribution < -0.4 is 14.8 Å². The molecular formula is C21H25BrN2O3. The van der Waals surface area contributed by atoms with Crippen LogP contribution >= 0.6 is 15.9 Å². The summed E-state index contributed by atoms with van der Waals surface area (Å²) in [4.78, 5) is 14.7. The number of rotatable bonds is 6. The van der Waals surface area contributed by atoms with Crippen LogP contribution in [-0.4, -0.2) is 43.2 Å². The Labute approximate surface area is 168 Å². The summed E-state index contributed by atoms with van der Waals surface area (Å²) in [7, 11) is 2.13. The third-order valence-corrected chi connectivity index (χ3v) is 5.11. The number of hydrogen-bond acceptors (Lipinski definition) is 4. The van der Waals surface area contributed by atoms with Crippen LogP contribution in [0.4, 0.5) is 5.69 Å². The average Bonchev–Trinajstić information content (AvgIpc) is 2.67. The normalized spacial score (nSPS) is 16.6. The standard InChI is InChI=1S/C21H25BrN2O3/c1-15(26-18-7-3-16(22)4-8-18)21(25)23-17-5-9-19(10-6-17)27-20-11-13-24(2)14-12-20/h3-10,15,20H,11-14H2,1-2H3,(H,23,25). The Bertz CT molecular complexity index is 741. The second kappa shape index (κ2) is 9.24. The van der Waals surface area contributed by atoms with Crippen LogP contribution in [0.3, 0.4) is 0 Å². The van der Waals surface area contributed by atoms with Crippen LogP contribution in [0.15, 0.2) is 53.0 Å². The van der Waals surface area contributed by atoms with Crippen LogP contribution in [-0.2, 0) is 4.79 Å². The molecule has 1 heterocycles. The second-order valence-corrected chi connectivity index (χ2v) is 7.76. The zero-order valence-corrected chi connectivity index (χ0v) is 17.2. The molecular weight excluding hydrogens is 408 g/mol. The Morgan fingerprint density at radius 2 is 1.67 bits per heavy atom. The molecule has 1 aliphatic rings. The molecule has 2 aromatic rings. The molecule has 5 nitrogen and oxygen atoms in total. The summed E-state index contributed by atoms with van der Waals surface area (Å²) in [6, 6.07) is 14.9.